The maximum Gasteiger partial charge on any atom is 0.573 e. The van der Waals surface area contributed by atoms with Crippen LogP contribution in [0.25, 0.3) is 0 Å². The van der Waals surface area contributed by atoms with E-state index in [1.165, 1.54) is 12.1 Å². The fraction of sp³-hybridized carbons (Fsp3) is 0.550. The van der Waals surface area contributed by atoms with Crippen molar-refractivity contribution in [3.8, 4) is 5.75 Å². The van der Waals surface area contributed by atoms with Crippen molar-refractivity contribution in [2.45, 2.75) is 56.8 Å². The standard InChI is InChI=1S/C20H25F3N6O2/c1-24-19(25-12-7-8-18-27-17(11-30-2)28-29(18)10-12)26-15-9-14(15)13-5-3-4-6-16(13)31-20(21,22)23/h3-6,12,14-15H,7-11H2,1-2H3,(H2,24,25,26). The second kappa shape index (κ2) is 8.74. The molecule has 4 rings (SSSR count). The Morgan fingerprint density at radius 2 is 2.10 bits per heavy atom. The van der Waals surface area contributed by atoms with Crippen molar-refractivity contribution in [3.05, 3.63) is 41.5 Å². The van der Waals surface area contributed by atoms with Gasteiger partial charge in [-0.1, -0.05) is 18.2 Å². The lowest BCUT2D eigenvalue weighted by atomic mass is 10.1. The molecule has 1 aliphatic heterocycles. The molecule has 1 fully saturated rings. The fourth-order valence-electron chi connectivity index (χ4n) is 3.91. The number of methoxy groups -OCH3 is 1. The number of rotatable bonds is 6. The van der Waals surface area contributed by atoms with Gasteiger partial charge >= 0.3 is 6.36 Å². The lowest BCUT2D eigenvalue weighted by Crippen LogP contribution is -2.47. The van der Waals surface area contributed by atoms with Crippen molar-refractivity contribution in [1.82, 2.24) is 25.4 Å². The molecule has 2 aliphatic rings. The Kier molecular flexibility index (Phi) is 6.03. The van der Waals surface area contributed by atoms with Crippen LogP contribution >= 0.6 is 0 Å². The van der Waals surface area contributed by atoms with E-state index in [0.29, 0.717) is 36.9 Å². The molecule has 8 nitrogen and oxygen atoms in total. The molecule has 168 valence electrons. The van der Waals surface area contributed by atoms with Gasteiger partial charge in [0, 0.05) is 38.6 Å². The molecule has 0 radical (unpaired) electrons. The molecular formula is C20H25F3N6O2. The van der Waals surface area contributed by atoms with Gasteiger partial charge in [-0.3, -0.25) is 4.99 Å². The molecule has 0 saturated heterocycles. The van der Waals surface area contributed by atoms with E-state index in [1.807, 2.05) is 4.68 Å². The Bertz CT molecular complexity index is 945. The number of hydrogen-bond acceptors (Lipinski definition) is 5. The highest BCUT2D eigenvalue weighted by molar-refractivity contribution is 5.81. The highest BCUT2D eigenvalue weighted by Gasteiger charge is 2.42. The topological polar surface area (TPSA) is 85.6 Å². The predicted molar refractivity (Wildman–Crippen MR) is 107 cm³/mol. The van der Waals surface area contributed by atoms with E-state index in [0.717, 1.165) is 18.7 Å². The van der Waals surface area contributed by atoms with E-state index in [4.69, 9.17) is 4.74 Å². The van der Waals surface area contributed by atoms with Crippen LogP contribution in [0.3, 0.4) is 0 Å². The molecule has 1 saturated carbocycles. The number of alkyl halides is 3. The summed E-state index contributed by atoms with van der Waals surface area (Å²) < 4.78 is 49.2. The van der Waals surface area contributed by atoms with E-state index in [2.05, 4.69) is 30.4 Å². The quantitative estimate of drug-likeness (QED) is 0.532. The van der Waals surface area contributed by atoms with Crippen molar-refractivity contribution < 1.29 is 22.6 Å². The predicted octanol–water partition coefficient (Wildman–Crippen LogP) is 2.36. The molecule has 2 heterocycles. The number of benzene rings is 1. The maximum atomic E-state index is 12.7. The van der Waals surface area contributed by atoms with Gasteiger partial charge < -0.3 is 20.1 Å². The van der Waals surface area contributed by atoms with Gasteiger partial charge in [0.25, 0.3) is 0 Å². The minimum absolute atomic E-state index is 0.0111. The number of para-hydroxylation sites is 1. The summed E-state index contributed by atoms with van der Waals surface area (Å²) in [6, 6.07) is 6.39. The number of aromatic nitrogens is 3. The molecule has 0 amide bonds. The third-order valence-electron chi connectivity index (χ3n) is 5.40. The van der Waals surface area contributed by atoms with Crippen LogP contribution in [0.2, 0.25) is 0 Å². The number of aliphatic imine (C=N–C) groups is 1. The summed E-state index contributed by atoms with van der Waals surface area (Å²) in [5, 5.41) is 11.2. The summed E-state index contributed by atoms with van der Waals surface area (Å²) in [4.78, 5) is 8.75. The molecule has 31 heavy (non-hydrogen) atoms. The highest BCUT2D eigenvalue weighted by atomic mass is 19.4. The van der Waals surface area contributed by atoms with E-state index >= 15 is 0 Å². The number of nitrogens with zero attached hydrogens (tertiary/aromatic N) is 4. The largest absolute Gasteiger partial charge is 0.573 e. The maximum absolute atomic E-state index is 12.7. The van der Waals surface area contributed by atoms with E-state index < -0.39 is 6.36 Å². The summed E-state index contributed by atoms with van der Waals surface area (Å²) in [5.41, 5.74) is 0.545. The number of guanidine groups is 1. The third kappa shape index (κ3) is 5.27. The monoisotopic (exact) mass is 438 g/mol. The minimum atomic E-state index is -4.71. The van der Waals surface area contributed by atoms with Gasteiger partial charge in [-0.25, -0.2) is 9.67 Å². The van der Waals surface area contributed by atoms with Gasteiger partial charge in [0.05, 0.1) is 6.54 Å². The van der Waals surface area contributed by atoms with Crippen molar-refractivity contribution in [1.29, 1.82) is 0 Å². The molecule has 1 aromatic carbocycles. The molecular weight excluding hydrogens is 413 g/mol. The van der Waals surface area contributed by atoms with Gasteiger partial charge in [-0.2, -0.15) is 5.10 Å². The Morgan fingerprint density at radius 3 is 2.84 bits per heavy atom. The Hall–Kier alpha value is -2.82. The average Bonchev–Trinajstić information content (AvgIpc) is 3.35. The minimum Gasteiger partial charge on any atom is -0.405 e. The number of hydrogen-bond donors (Lipinski definition) is 2. The van der Waals surface area contributed by atoms with Crippen LogP contribution in [0, 0.1) is 0 Å². The molecule has 1 aliphatic carbocycles. The zero-order chi connectivity index (χ0) is 22.0. The van der Waals surface area contributed by atoms with Crippen LogP contribution in [0.1, 0.15) is 36.0 Å². The molecule has 2 aromatic rings. The van der Waals surface area contributed by atoms with Gasteiger partial charge in [-0.15, -0.1) is 13.2 Å². The summed E-state index contributed by atoms with van der Waals surface area (Å²) in [6.07, 6.45) is -2.34. The first kappa shape index (κ1) is 21.4. The lowest BCUT2D eigenvalue weighted by Gasteiger charge is -2.25. The molecule has 11 heteroatoms. The molecule has 0 spiro atoms. The van der Waals surface area contributed by atoms with Crippen LogP contribution in [-0.2, 0) is 24.3 Å². The van der Waals surface area contributed by atoms with Crippen LogP contribution < -0.4 is 15.4 Å². The zero-order valence-corrected chi connectivity index (χ0v) is 17.3. The van der Waals surface area contributed by atoms with Crippen molar-refractivity contribution >= 4 is 5.96 Å². The second-order valence-corrected chi connectivity index (χ2v) is 7.69. The number of aryl methyl sites for hydroxylation is 1. The Morgan fingerprint density at radius 1 is 1.29 bits per heavy atom. The first-order valence-corrected chi connectivity index (χ1v) is 10.1. The highest BCUT2D eigenvalue weighted by Crippen LogP contribution is 2.45. The van der Waals surface area contributed by atoms with E-state index in [1.54, 1.807) is 26.3 Å². The first-order chi connectivity index (χ1) is 14.9. The van der Waals surface area contributed by atoms with Gasteiger partial charge in [0.15, 0.2) is 11.8 Å². The molecule has 2 N–H and O–H groups in total. The summed E-state index contributed by atoms with van der Waals surface area (Å²) >= 11 is 0. The van der Waals surface area contributed by atoms with Gasteiger partial charge in [-0.05, 0) is 24.5 Å². The number of fused-ring (bicyclic) bond motifs is 1. The van der Waals surface area contributed by atoms with E-state index in [9.17, 15) is 13.2 Å². The van der Waals surface area contributed by atoms with Crippen molar-refractivity contribution in [2.75, 3.05) is 14.2 Å². The van der Waals surface area contributed by atoms with Gasteiger partial charge in [0.1, 0.15) is 18.2 Å². The van der Waals surface area contributed by atoms with Crippen LogP contribution in [0.4, 0.5) is 13.2 Å². The Labute approximate surface area is 177 Å². The zero-order valence-electron chi connectivity index (χ0n) is 17.3. The van der Waals surface area contributed by atoms with Crippen LogP contribution in [0.15, 0.2) is 29.3 Å². The summed E-state index contributed by atoms with van der Waals surface area (Å²) in [7, 11) is 3.28. The number of nitrogens with one attached hydrogen (secondary N) is 2. The number of halogens is 3. The van der Waals surface area contributed by atoms with Crippen LogP contribution in [0.5, 0.6) is 5.75 Å². The molecule has 0 bridgehead atoms. The third-order valence-corrected chi connectivity index (χ3v) is 5.40. The van der Waals surface area contributed by atoms with Gasteiger partial charge in [0.2, 0.25) is 0 Å². The summed E-state index contributed by atoms with van der Waals surface area (Å²) in [5.74, 6) is 2.01. The lowest BCUT2D eigenvalue weighted by molar-refractivity contribution is -0.274. The molecule has 3 atom stereocenters. The second-order valence-electron chi connectivity index (χ2n) is 7.69. The van der Waals surface area contributed by atoms with Crippen molar-refractivity contribution in [2.24, 2.45) is 4.99 Å². The van der Waals surface area contributed by atoms with Crippen LogP contribution in [-0.4, -0.2) is 53.3 Å². The first-order valence-electron chi connectivity index (χ1n) is 10.1. The van der Waals surface area contributed by atoms with E-state index in [-0.39, 0.29) is 23.8 Å². The molecule has 1 aromatic heterocycles. The number of ether oxygens (including phenoxy) is 2. The average molecular weight is 438 g/mol. The normalized spacial score (nSPS) is 23.3. The fourth-order valence-corrected chi connectivity index (χ4v) is 3.91. The smallest absolute Gasteiger partial charge is 0.405 e. The molecule has 3 unspecified atom stereocenters. The van der Waals surface area contributed by atoms with Crippen molar-refractivity contribution in [3.63, 3.8) is 0 Å². The Balaban J connectivity index is 1.34. The SMILES string of the molecule is CN=C(NC1CCc2nc(COC)nn2C1)NC1CC1c1ccccc1OC(F)(F)F. The summed E-state index contributed by atoms with van der Waals surface area (Å²) in [6.45, 7) is 1.03.